The highest BCUT2D eigenvalue weighted by Gasteiger charge is 2.15. The molecule has 1 saturated heterocycles. The molecule has 1 aliphatic rings. The first-order chi connectivity index (χ1) is 12.9. The maximum Gasteiger partial charge on any atom is 0.191 e. The smallest absolute Gasteiger partial charge is 0.191 e. The zero-order valence-corrected chi connectivity index (χ0v) is 15.9. The molecular weight excluding hydrogens is 334 g/mol. The predicted octanol–water partition coefficient (Wildman–Crippen LogP) is 2.18. The Morgan fingerprint density at radius 1 is 1.27 bits per heavy atom. The Morgan fingerprint density at radius 2 is 2.19 bits per heavy atom. The average Bonchev–Trinajstić information content (AvgIpc) is 3.34. The van der Waals surface area contributed by atoms with Crippen molar-refractivity contribution in [3.63, 3.8) is 0 Å². The molecule has 1 aromatic rings. The molecule has 0 aromatic carbocycles. The van der Waals surface area contributed by atoms with E-state index >= 15 is 0 Å². The normalized spacial score (nSPS) is 17.6. The number of guanidine groups is 1. The van der Waals surface area contributed by atoms with Gasteiger partial charge in [-0.1, -0.05) is 0 Å². The molecule has 1 unspecified atom stereocenters. The molecule has 0 radical (unpaired) electrons. The summed E-state index contributed by atoms with van der Waals surface area (Å²) in [6.45, 7) is 8.98. The predicted molar refractivity (Wildman–Crippen MR) is 101 cm³/mol. The first-order valence-electron chi connectivity index (χ1n) is 9.66. The van der Waals surface area contributed by atoms with Gasteiger partial charge in [-0.05, 0) is 38.3 Å². The van der Waals surface area contributed by atoms with Gasteiger partial charge in [0.2, 0.25) is 0 Å². The molecule has 0 spiro atoms. The molecule has 1 aliphatic heterocycles. The number of hydrogen-bond donors (Lipinski definition) is 2. The van der Waals surface area contributed by atoms with Crippen LogP contribution in [0.4, 0.5) is 0 Å². The largest absolute Gasteiger partial charge is 0.467 e. The van der Waals surface area contributed by atoms with Gasteiger partial charge in [0.15, 0.2) is 5.96 Å². The molecule has 2 N–H and O–H groups in total. The van der Waals surface area contributed by atoms with Crippen molar-refractivity contribution in [1.29, 1.82) is 0 Å². The lowest BCUT2D eigenvalue weighted by molar-refractivity contribution is 0.0888. The van der Waals surface area contributed by atoms with Crippen LogP contribution in [-0.4, -0.2) is 58.6 Å². The van der Waals surface area contributed by atoms with E-state index in [1.807, 2.05) is 12.1 Å². The molecule has 7 nitrogen and oxygen atoms in total. The summed E-state index contributed by atoms with van der Waals surface area (Å²) in [7, 11) is 0. The summed E-state index contributed by atoms with van der Waals surface area (Å²) in [5.41, 5.74) is 0. The van der Waals surface area contributed by atoms with E-state index in [4.69, 9.17) is 18.6 Å². The monoisotopic (exact) mass is 367 g/mol. The van der Waals surface area contributed by atoms with E-state index in [9.17, 15) is 0 Å². The maximum atomic E-state index is 5.71. The number of nitrogens with one attached hydrogen (secondary N) is 2. The fourth-order valence-electron chi connectivity index (χ4n) is 2.61. The van der Waals surface area contributed by atoms with E-state index in [2.05, 4.69) is 22.5 Å². The molecule has 0 bridgehead atoms. The van der Waals surface area contributed by atoms with Crippen LogP contribution in [0.3, 0.4) is 0 Å². The van der Waals surface area contributed by atoms with Crippen LogP contribution in [0.5, 0.6) is 0 Å². The molecule has 1 atom stereocenters. The quantitative estimate of drug-likeness (QED) is 0.316. The number of rotatable bonds is 13. The summed E-state index contributed by atoms with van der Waals surface area (Å²) in [6, 6.07) is 3.78. The van der Waals surface area contributed by atoms with Gasteiger partial charge in [-0.25, -0.2) is 0 Å². The van der Waals surface area contributed by atoms with Gasteiger partial charge in [0.1, 0.15) is 12.4 Å². The number of nitrogens with zero attached hydrogens (tertiary/aromatic N) is 1. The third kappa shape index (κ3) is 9.22. The zero-order valence-electron chi connectivity index (χ0n) is 15.9. The number of aliphatic imine (C=N–C) groups is 1. The van der Waals surface area contributed by atoms with E-state index in [1.165, 1.54) is 0 Å². The lowest BCUT2D eigenvalue weighted by Gasteiger charge is -2.12. The van der Waals surface area contributed by atoms with Gasteiger partial charge < -0.3 is 29.3 Å². The first-order valence-corrected chi connectivity index (χ1v) is 9.66. The van der Waals surface area contributed by atoms with Crippen molar-refractivity contribution in [2.45, 2.75) is 32.8 Å². The maximum absolute atomic E-state index is 5.71. The van der Waals surface area contributed by atoms with E-state index in [0.717, 1.165) is 77.0 Å². The van der Waals surface area contributed by atoms with E-state index in [-0.39, 0.29) is 0 Å². The lowest BCUT2D eigenvalue weighted by Crippen LogP contribution is -2.38. The van der Waals surface area contributed by atoms with Gasteiger partial charge in [-0.15, -0.1) is 0 Å². The van der Waals surface area contributed by atoms with Gasteiger partial charge in [-0.3, -0.25) is 4.99 Å². The average molecular weight is 367 g/mol. The second-order valence-corrected chi connectivity index (χ2v) is 6.33. The second-order valence-electron chi connectivity index (χ2n) is 6.33. The van der Waals surface area contributed by atoms with Gasteiger partial charge >= 0.3 is 0 Å². The van der Waals surface area contributed by atoms with Crippen LogP contribution in [-0.2, 0) is 20.8 Å². The molecule has 0 saturated carbocycles. The standard InChI is InChI=1S/C19H33N3O4/c1-2-20-19(21-8-4-10-23-14-17-7-13-25-15-17)22-9-5-11-24-16-18-6-3-12-26-18/h3,6,12,17H,2,4-5,7-11,13-16H2,1H3,(H2,20,21,22). The summed E-state index contributed by atoms with van der Waals surface area (Å²) in [5.74, 6) is 2.28. The molecule has 148 valence electrons. The molecule has 7 heteroatoms. The van der Waals surface area contributed by atoms with Crippen molar-refractivity contribution in [2.24, 2.45) is 10.9 Å². The van der Waals surface area contributed by atoms with E-state index in [1.54, 1.807) is 6.26 Å². The molecule has 2 rings (SSSR count). The molecule has 2 heterocycles. The van der Waals surface area contributed by atoms with Crippen LogP contribution in [0.2, 0.25) is 0 Å². The number of ether oxygens (including phenoxy) is 3. The fraction of sp³-hybridized carbons (Fsp3) is 0.737. The van der Waals surface area contributed by atoms with Crippen LogP contribution in [0.1, 0.15) is 31.9 Å². The highest BCUT2D eigenvalue weighted by atomic mass is 16.5. The van der Waals surface area contributed by atoms with E-state index in [0.29, 0.717) is 19.1 Å². The van der Waals surface area contributed by atoms with Crippen LogP contribution in [0.25, 0.3) is 0 Å². The van der Waals surface area contributed by atoms with Crippen LogP contribution in [0, 0.1) is 5.92 Å². The molecule has 0 aliphatic carbocycles. The Labute approximate surface area is 156 Å². The van der Waals surface area contributed by atoms with Crippen molar-refractivity contribution in [1.82, 2.24) is 10.6 Å². The lowest BCUT2D eigenvalue weighted by atomic mass is 10.1. The molecule has 1 fully saturated rings. The minimum absolute atomic E-state index is 0.516. The Bertz CT molecular complexity index is 473. The third-order valence-corrected chi connectivity index (χ3v) is 4.02. The van der Waals surface area contributed by atoms with Crippen molar-refractivity contribution in [3.8, 4) is 0 Å². The van der Waals surface area contributed by atoms with Gasteiger partial charge in [-0.2, -0.15) is 0 Å². The summed E-state index contributed by atoms with van der Waals surface area (Å²) in [6.07, 6.45) is 4.63. The second kappa shape index (κ2) is 13.6. The topological polar surface area (TPSA) is 77.3 Å². The Morgan fingerprint density at radius 3 is 2.96 bits per heavy atom. The Kier molecular flexibility index (Phi) is 10.9. The minimum atomic E-state index is 0.516. The molecule has 0 amide bonds. The van der Waals surface area contributed by atoms with E-state index < -0.39 is 0 Å². The SMILES string of the molecule is CCNC(=NCCCOCc1ccco1)NCCCOCC1CCOC1. The highest BCUT2D eigenvalue weighted by Crippen LogP contribution is 2.12. The summed E-state index contributed by atoms with van der Waals surface area (Å²) in [4.78, 5) is 4.56. The Hall–Kier alpha value is -1.57. The van der Waals surface area contributed by atoms with Crippen molar-refractivity contribution in [2.75, 3.05) is 52.7 Å². The van der Waals surface area contributed by atoms with Gasteiger partial charge in [0.05, 0.1) is 19.5 Å². The van der Waals surface area contributed by atoms with Gasteiger partial charge in [0.25, 0.3) is 0 Å². The fourth-order valence-corrected chi connectivity index (χ4v) is 2.61. The highest BCUT2D eigenvalue weighted by molar-refractivity contribution is 5.79. The van der Waals surface area contributed by atoms with Crippen LogP contribution in [0.15, 0.2) is 27.8 Å². The number of hydrogen-bond acceptors (Lipinski definition) is 5. The summed E-state index contributed by atoms with van der Waals surface area (Å²) >= 11 is 0. The Balaban J connectivity index is 1.47. The van der Waals surface area contributed by atoms with Crippen LogP contribution >= 0.6 is 0 Å². The molecular formula is C19H33N3O4. The summed E-state index contributed by atoms with van der Waals surface area (Å²) < 4.78 is 21.8. The van der Waals surface area contributed by atoms with Crippen molar-refractivity contribution < 1.29 is 18.6 Å². The zero-order chi connectivity index (χ0) is 18.3. The summed E-state index contributed by atoms with van der Waals surface area (Å²) in [5, 5.41) is 6.60. The molecule has 1 aromatic heterocycles. The van der Waals surface area contributed by atoms with Gasteiger partial charge in [0, 0.05) is 45.4 Å². The third-order valence-electron chi connectivity index (χ3n) is 4.02. The number of furan rings is 1. The van der Waals surface area contributed by atoms with Crippen LogP contribution < -0.4 is 10.6 Å². The molecule has 26 heavy (non-hydrogen) atoms. The minimum Gasteiger partial charge on any atom is -0.467 e. The van der Waals surface area contributed by atoms with Crippen molar-refractivity contribution >= 4 is 5.96 Å². The van der Waals surface area contributed by atoms with Crippen molar-refractivity contribution in [3.05, 3.63) is 24.2 Å². The first kappa shape index (κ1) is 20.7.